The van der Waals surface area contributed by atoms with Gasteiger partial charge in [-0.1, -0.05) is 0 Å². The van der Waals surface area contributed by atoms with E-state index in [2.05, 4.69) is 0 Å². The number of hydrogen-bond donors (Lipinski definition) is 1. The molecule has 13 heteroatoms. The van der Waals surface area contributed by atoms with Crippen LogP contribution in [0.5, 0.6) is 0 Å². The number of anilines is 1. The van der Waals surface area contributed by atoms with Crippen LogP contribution in [0.4, 0.5) is 20.2 Å². The maximum absolute atomic E-state index is 14.9. The van der Waals surface area contributed by atoms with Crippen LogP contribution in [0.3, 0.4) is 0 Å². The molecule has 0 radical (unpaired) electrons. The highest BCUT2D eigenvalue weighted by atomic mass is 19.1. The number of nitro benzene ring substituents is 1. The molecule has 1 fully saturated rings. The normalized spacial score (nSPS) is 13.6. The van der Waals surface area contributed by atoms with Crippen molar-refractivity contribution < 1.29 is 32.8 Å². The molecule has 39 heavy (non-hydrogen) atoms. The Bertz CT molecular complexity index is 1710. The summed E-state index contributed by atoms with van der Waals surface area (Å²) in [6.07, 6.45) is 2.30. The van der Waals surface area contributed by atoms with Gasteiger partial charge in [-0.05, 0) is 31.2 Å². The number of benzene rings is 2. The van der Waals surface area contributed by atoms with Crippen molar-refractivity contribution in [3.8, 4) is 5.69 Å². The number of hydrogen-bond acceptors (Lipinski definition) is 7. The van der Waals surface area contributed by atoms with Crippen LogP contribution >= 0.6 is 0 Å². The monoisotopic (exact) mass is 538 g/mol. The Kier molecular flexibility index (Phi) is 6.34. The van der Waals surface area contributed by atoms with E-state index in [4.69, 9.17) is 4.42 Å². The lowest BCUT2D eigenvalue weighted by atomic mass is 10.0. The molecule has 2 aromatic carbocycles. The van der Waals surface area contributed by atoms with E-state index in [9.17, 15) is 38.4 Å². The summed E-state index contributed by atoms with van der Waals surface area (Å²) < 4.78 is 34.8. The molecular formula is C26H20F2N4O7. The van der Waals surface area contributed by atoms with Gasteiger partial charge < -0.3 is 23.9 Å². The molecule has 1 aliphatic heterocycles. The number of piperazine rings is 1. The Balaban J connectivity index is 1.69. The minimum absolute atomic E-state index is 0.0326. The summed E-state index contributed by atoms with van der Waals surface area (Å²) in [5.74, 6) is -3.67. The third-order valence-electron chi connectivity index (χ3n) is 6.69. The molecule has 1 saturated heterocycles. The Morgan fingerprint density at radius 1 is 1.10 bits per heavy atom. The number of amides is 1. The third-order valence-corrected chi connectivity index (χ3v) is 6.69. The Hall–Kier alpha value is -5.07. The topological polar surface area (TPSA) is 139 Å². The first kappa shape index (κ1) is 25.6. The number of nitro groups is 1. The van der Waals surface area contributed by atoms with Gasteiger partial charge in [0.1, 0.15) is 22.9 Å². The van der Waals surface area contributed by atoms with E-state index < -0.39 is 39.2 Å². The van der Waals surface area contributed by atoms with Crippen molar-refractivity contribution in [3.63, 3.8) is 0 Å². The number of halogens is 2. The maximum Gasteiger partial charge on any atom is 0.341 e. The highest BCUT2D eigenvalue weighted by molar-refractivity contribution is 5.98. The molecule has 1 aliphatic rings. The highest BCUT2D eigenvalue weighted by Crippen LogP contribution is 2.38. The first-order valence-electron chi connectivity index (χ1n) is 11.7. The van der Waals surface area contributed by atoms with Gasteiger partial charge in [-0.3, -0.25) is 19.7 Å². The minimum atomic E-state index is -1.61. The number of aromatic nitrogens is 1. The maximum atomic E-state index is 14.9. The summed E-state index contributed by atoms with van der Waals surface area (Å²) in [5.41, 5.74) is -2.04. The average molecular weight is 538 g/mol. The standard InChI is InChI=1S/C26H20F2N4O7/c1-14-22-16(24(33)17(26(35)36)13-31(22)19-5-4-15(27)11-18(19)28)12-20(32(37)38)23(14)29-6-8-30(9-7-29)25(34)21-3-2-10-39-21/h2-5,10-13H,6-9H2,1H3,(H,35,36). The average Bonchev–Trinajstić information content (AvgIpc) is 3.44. The van der Waals surface area contributed by atoms with E-state index in [1.165, 1.54) is 19.3 Å². The second-order valence-electron chi connectivity index (χ2n) is 8.92. The molecule has 0 saturated carbocycles. The number of fused-ring (bicyclic) bond motifs is 1. The second-order valence-corrected chi connectivity index (χ2v) is 8.92. The fourth-order valence-corrected chi connectivity index (χ4v) is 4.91. The van der Waals surface area contributed by atoms with Gasteiger partial charge in [0.2, 0.25) is 5.43 Å². The van der Waals surface area contributed by atoms with E-state index in [1.54, 1.807) is 15.9 Å². The van der Waals surface area contributed by atoms with Crippen LogP contribution in [-0.4, -0.2) is 57.6 Å². The van der Waals surface area contributed by atoms with E-state index in [0.29, 0.717) is 6.07 Å². The molecule has 11 nitrogen and oxygen atoms in total. The number of pyridine rings is 1. The minimum Gasteiger partial charge on any atom is -0.477 e. The van der Waals surface area contributed by atoms with Gasteiger partial charge in [-0.25, -0.2) is 13.6 Å². The predicted octanol–water partition coefficient (Wildman–Crippen LogP) is 3.74. The van der Waals surface area contributed by atoms with Gasteiger partial charge in [0, 0.05) is 50.1 Å². The summed E-state index contributed by atoms with van der Waals surface area (Å²) >= 11 is 0. The van der Waals surface area contributed by atoms with Crippen LogP contribution in [0.25, 0.3) is 16.6 Å². The molecule has 4 aromatic rings. The van der Waals surface area contributed by atoms with Crippen molar-refractivity contribution >= 4 is 34.2 Å². The SMILES string of the molecule is Cc1c(N2CCN(C(=O)c3ccco3)CC2)c([N+](=O)[O-])cc2c(=O)c(C(=O)O)cn(-c3ccc(F)cc3F)c12. The predicted molar refractivity (Wildman–Crippen MR) is 135 cm³/mol. The lowest BCUT2D eigenvalue weighted by Gasteiger charge is -2.36. The Morgan fingerprint density at radius 2 is 1.82 bits per heavy atom. The summed E-state index contributed by atoms with van der Waals surface area (Å²) in [6, 6.07) is 6.76. The summed E-state index contributed by atoms with van der Waals surface area (Å²) in [5, 5.41) is 21.4. The van der Waals surface area contributed by atoms with Gasteiger partial charge in [-0.2, -0.15) is 0 Å². The van der Waals surface area contributed by atoms with Crippen molar-refractivity contribution in [2.24, 2.45) is 0 Å². The molecule has 0 atom stereocenters. The molecule has 0 unspecified atom stereocenters. The van der Waals surface area contributed by atoms with E-state index in [0.717, 1.165) is 29.0 Å². The van der Waals surface area contributed by atoms with Gasteiger partial charge in [0.15, 0.2) is 5.76 Å². The molecule has 5 rings (SSSR count). The van der Waals surface area contributed by atoms with E-state index >= 15 is 0 Å². The number of rotatable bonds is 5. The van der Waals surface area contributed by atoms with Crippen LogP contribution in [-0.2, 0) is 0 Å². The van der Waals surface area contributed by atoms with Crippen molar-refractivity contribution in [1.82, 2.24) is 9.47 Å². The van der Waals surface area contributed by atoms with Gasteiger partial charge in [0.05, 0.1) is 27.8 Å². The highest BCUT2D eigenvalue weighted by Gasteiger charge is 2.31. The summed E-state index contributed by atoms with van der Waals surface area (Å²) in [4.78, 5) is 52.3. The van der Waals surface area contributed by atoms with Crippen molar-refractivity contribution in [2.45, 2.75) is 6.92 Å². The molecule has 200 valence electrons. The van der Waals surface area contributed by atoms with Crippen molar-refractivity contribution in [3.05, 3.63) is 97.7 Å². The van der Waals surface area contributed by atoms with Crippen molar-refractivity contribution in [1.29, 1.82) is 0 Å². The Labute approximate surface area is 218 Å². The molecule has 0 spiro atoms. The Morgan fingerprint density at radius 3 is 2.41 bits per heavy atom. The van der Waals surface area contributed by atoms with Crippen LogP contribution in [0, 0.1) is 28.7 Å². The summed E-state index contributed by atoms with van der Waals surface area (Å²) in [6.45, 7) is 2.32. The molecule has 0 aliphatic carbocycles. The van der Waals surface area contributed by atoms with E-state index in [1.807, 2.05) is 0 Å². The molecular weight excluding hydrogens is 518 g/mol. The number of carboxylic acid groups (broad SMARTS) is 1. The molecule has 0 bridgehead atoms. The van der Waals surface area contributed by atoms with Crippen LogP contribution < -0.4 is 10.3 Å². The van der Waals surface area contributed by atoms with Crippen LogP contribution in [0.2, 0.25) is 0 Å². The largest absolute Gasteiger partial charge is 0.477 e. The van der Waals surface area contributed by atoms with Crippen LogP contribution in [0.15, 0.2) is 58.1 Å². The number of carbonyl (C=O) groups is 2. The van der Waals surface area contributed by atoms with Gasteiger partial charge in [-0.15, -0.1) is 0 Å². The second kappa shape index (κ2) is 9.67. The zero-order chi connectivity index (χ0) is 28.0. The lowest BCUT2D eigenvalue weighted by molar-refractivity contribution is -0.384. The number of aromatic carboxylic acids is 1. The number of carboxylic acids is 1. The first-order chi connectivity index (χ1) is 18.6. The zero-order valence-electron chi connectivity index (χ0n) is 20.4. The first-order valence-corrected chi connectivity index (χ1v) is 11.7. The van der Waals surface area contributed by atoms with Gasteiger partial charge in [0.25, 0.3) is 11.6 Å². The number of carbonyl (C=O) groups excluding carboxylic acids is 1. The van der Waals surface area contributed by atoms with E-state index in [-0.39, 0.29) is 65.7 Å². The quantitative estimate of drug-likeness (QED) is 0.300. The molecule has 1 N–H and O–H groups in total. The molecule has 2 aromatic heterocycles. The number of nitrogens with zero attached hydrogens (tertiary/aromatic N) is 4. The zero-order valence-corrected chi connectivity index (χ0v) is 20.4. The number of furan rings is 1. The van der Waals surface area contributed by atoms with Gasteiger partial charge >= 0.3 is 5.97 Å². The van der Waals surface area contributed by atoms with Crippen LogP contribution in [0.1, 0.15) is 26.5 Å². The number of aryl methyl sites for hydroxylation is 1. The lowest BCUT2D eigenvalue weighted by Crippen LogP contribution is -2.49. The third kappa shape index (κ3) is 4.37. The summed E-state index contributed by atoms with van der Waals surface area (Å²) in [7, 11) is 0. The van der Waals surface area contributed by atoms with Crippen molar-refractivity contribution in [2.75, 3.05) is 31.1 Å². The fraction of sp³-hybridized carbons (Fsp3) is 0.192. The smallest absolute Gasteiger partial charge is 0.341 e. The molecule has 1 amide bonds. The molecule has 3 heterocycles. The fourth-order valence-electron chi connectivity index (χ4n) is 4.91.